The molecule has 0 bridgehead atoms. The minimum Gasteiger partial charge on any atom is -0.373 e. The topological polar surface area (TPSA) is 42.7 Å². The SMILES string of the molecule is CNc1ncccc1Cn1nc(C)c(Cl)c1C. The van der Waals surface area contributed by atoms with Crippen LogP contribution in [0.1, 0.15) is 17.0 Å². The van der Waals surface area contributed by atoms with Crippen molar-refractivity contribution in [3.05, 3.63) is 40.3 Å². The summed E-state index contributed by atoms with van der Waals surface area (Å²) in [6, 6.07) is 3.95. The first kappa shape index (κ1) is 11.9. The van der Waals surface area contributed by atoms with Gasteiger partial charge in [-0.2, -0.15) is 5.10 Å². The molecule has 0 radical (unpaired) electrons. The number of aromatic nitrogens is 3. The average molecular weight is 251 g/mol. The summed E-state index contributed by atoms with van der Waals surface area (Å²) in [7, 11) is 1.86. The van der Waals surface area contributed by atoms with Gasteiger partial charge in [-0.1, -0.05) is 17.7 Å². The van der Waals surface area contributed by atoms with Crippen molar-refractivity contribution in [1.29, 1.82) is 0 Å². The van der Waals surface area contributed by atoms with Crippen LogP contribution in [0.3, 0.4) is 0 Å². The molecule has 0 unspecified atom stereocenters. The van der Waals surface area contributed by atoms with Crippen LogP contribution in [0.4, 0.5) is 5.82 Å². The van der Waals surface area contributed by atoms with Crippen LogP contribution in [0, 0.1) is 13.8 Å². The lowest BCUT2D eigenvalue weighted by Crippen LogP contribution is -2.07. The number of halogens is 1. The number of pyridine rings is 1. The highest BCUT2D eigenvalue weighted by Gasteiger charge is 2.10. The minimum absolute atomic E-state index is 0.670. The number of hydrogen-bond donors (Lipinski definition) is 1. The normalized spacial score (nSPS) is 10.6. The lowest BCUT2D eigenvalue weighted by Gasteiger charge is -2.09. The second-order valence-electron chi connectivity index (χ2n) is 3.90. The monoisotopic (exact) mass is 250 g/mol. The summed E-state index contributed by atoms with van der Waals surface area (Å²) in [4.78, 5) is 4.27. The Morgan fingerprint density at radius 1 is 1.41 bits per heavy atom. The van der Waals surface area contributed by atoms with Crippen LogP contribution in [0.25, 0.3) is 0 Å². The van der Waals surface area contributed by atoms with E-state index in [0.29, 0.717) is 6.54 Å². The molecule has 5 heteroatoms. The molecule has 0 aliphatic carbocycles. The largest absolute Gasteiger partial charge is 0.373 e. The number of rotatable bonds is 3. The van der Waals surface area contributed by atoms with Crippen LogP contribution in [0.5, 0.6) is 0 Å². The molecule has 0 saturated heterocycles. The van der Waals surface area contributed by atoms with Crippen molar-refractivity contribution in [1.82, 2.24) is 14.8 Å². The minimum atomic E-state index is 0.670. The Labute approximate surface area is 106 Å². The second kappa shape index (κ2) is 4.75. The van der Waals surface area contributed by atoms with Crippen molar-refractivity contribution in [2.75, 3.05) is 12.4 Å². The molecule has 4 nitrogen and oxygen atoms in total. The molecule has 1 N–H and O–H groups in total. The molecule has 2 aromatic rings. The van der Waals surface area contributed by atoms with Crippen LogP contribution < -0.4 is 5.32 Å². The maximum absolute atomic E-state index is 6.12. The van der Waals surface area contributed by atoms with Gasteiger partial charge in [0.25, 0.3) is 0 Å². The number of hydrogen-bond acceptors (Lipinski definition) is 3. The van der Waals surface area contributed by atoms with Gasteiger partial charge in [0.05, 0.1) is 23.0 Å². The third kappa shape index (κ3) is 2.26. The summed E-state index contributed by atoms with van der Waals surface area (Å²) in [5.74, 6) is 0.871. The summed E-state index contributed by atoms with van der Waals surface area (Å²) in [6.45, 7) is 4.55. The van der Waals surface area contributed by atoms with Crippen molar-refractivity contribution >= 4 is 17.4 Å². The Kier molecular flexibility index (Phi) is 3.33. The highest BCUT2D eigenvalue weighted by Crippen LogP contribution is 2.21. The Morgan fingerprint density at radius 2 is 2.18 bits per heavy atom. The molecule has 2 aromatic heterocycles. The van der Waals surface area contributed by atoms with Crippen molar-refractivity contribution in [2.45, 2.75) is 20.4 Å². The molecular weight excluding hydrogens is 236 g/mol. The molecule has 0 fully saturated rings. The molecular formula is C12H15ClN4. The number of nitrogens with zero attached hydrogens (tertiary/aromatic N) is 3. The molecule has 0 saturated carbocycles. The number of nitrogens with one attached hydrogen (secondary N) is 1. The van der Waals surface area contributed by atoms with E-state index in [-0.39, 0.29) is 0 Å². The molecule has 2 rings (SSSR count). The molecule has 0 aliphatic heterocycles. The Hall–Kier alpha value is -1.55. The molecule has 0 atom stereocenters. The predicted molar refractivity (Wildman–Crippen MR) is 69.6 cm³/mol. The molecule has 0 aliphatic rings. The first-order valence-corrected chi connectivity index (χ1v) is 5.82. The zero-order chi connectivity index (χ0) is 12.4. The van der Waals surface area contributed by atoms with Gasteiger partial charge in [0, 0.05) is 18.8 Å². The lowest BCUT2D eigenvalue weighted by atomic mass is 10.2. The fraction of sp³-hybridized carbons (Fsp3) is 0.333. The van der Waals surface area contributed by atoms with Crippen LogP contribution >= 0.6 is 11.6 Å². The van der Waals surface area contributed by atoms with Gasteiger partial charge in [0.1, 0.15) is 5.82 Å². The second-order valence-corrected chi connectivity index (χ2v) is 4.28. The fourth-order valence-electron chi connectivity index (χ4n) is 1.78. The summed E-state index contributed by atoms with van der Waals surface area (Å²) in [6.07, 6.45) is 1.77. The van der Waals surface area contributed by atoms with Gasteiger partial charge in [0.2, 0.25) is 0 Å². The van der Waals surface area contributed by atoms with Crippen LogP contribution in [0.15, 0.2) is 18.3 Å². The van der Waals surface area contributed by atoms with E-state index in [1.54, 1.807) is 6.20 Å². The summed E-state index contributed by atoms with van der Waals surface area (Å²) in [5, 5.41) is 8.22. The van der Waals surface area contributed by atoms with E-state index in [4.69, 9.17) is 11.6 Å². The van der Waals surface area contributed by atoms with E-state index in [0.717, 1.165) is 27.8 Å². The van der Waals surface area contributed by atoms with Gasteiger partial charge in [-0.3, -0.25) is 4.68 Å². The highest BCUT2D eigenvalue weighted by atomic mass is 35.5. The standard InChI is InChI=1S/C12H15ClN4/c1-8-11(13)9(2)17(16-8)7-10-5-4-6-15-12(10)14-3/h4-6H,7H2,1-3H3,(H,14,15). The van der Waals surface area contributed by atoms with Crippen molar-refractivity contribution in [3.63, 3.8) is 0 Å². The summed E-state index contributed by atoms with van der Waals surface area (Å²) < 4.78 is 1.90. The van der Waals surface area contributed by atoms with E-state index in [1.165, 1.54) is 0 Å². The van der Waals surface area contributed by atoms with E-state index in [2.05, 4.69) is 15.4 Å². The van der Waals surface area contributed by atoms with E-state index >= 15 is 0 Å². The molecule has 2 heterocycles. The molecule has 0 spiro atoms. The van der Waals surface area contributed by atoms with Gasteiger partial charge in [-0.25, -0.2) is 4.98 Å². The molecule has 17 heavy (non-hydrogen) atoms. The average Bonchev–Trinajstić information content (AvgIpc) is 2.58. The summed E-state index contributed by atoms with van der Waals surface area (Å²) >= 11 is 6.12. The predicted octanol–water partition coefficient (Wildman–Crippen LogP) is 2.64. The fourth-order valence-corrected chi connectivity index (χ4v) is 1.92. The first-order chi connectivity index (χ1) is 8.13. The van der Waals surface area contributed by atoms with E-state index < -0.39 is 0 Å². The zero-order valence-corrected chi connectivity index (χ0v) is 10.9. The number of anilines is 1. The van der Waals surface area contributed by atoms with Gasteiger partial charge >= 0.3 is 0 Å². The van der Waals surface area contributed by atoms with Crippen molar-refractivity contribution in [2.24, 2.45) is 0 Å². The van der Waals surface area contributed by atoms with Gasteiger partial charge < -0.3 is 5.32 Å². The third-order valence-electron chi connectivity index (χ3n) is 2.74. The highest BCUT2D eigenvalue weighted by molar-refractivity contribution is 6.31. The first-order valence-electron chi connectivity index (χ1n) is 5.44. The smallest absolute Gasteiger partial charge is 0.130 e. The van der Waals surface area contributed by atoms with Crippen LogP contribution in [0.2, 0.25) is 5.02 Å². The van der Waals surface area contributed by atoms with Crippen LogP contribution in [-0.2, 0) is 6.54 Å². The van der Waals surface area contributed by atoms with E-state index in [1.807, 2.05) is 37.7 Å². The van der Waals surface area contributed by atoms with Gasteiger partial charge in [-0.15, -0.1) is 0 Å². The van der Waals surface area contributed by atoms with Gasteiger partial charge in [-0.05, 0) is 19.9 Å². The lowest BCUT2D eigenvalue weighted by molar-refractivity contribution is 0.658. The third-order valence-corrected chi connectivity index (χ3v) is 3.29. The maximum atomic E-state index is 6.12. The number of aryl methyl sites for hydroxylation is 1. The Balaban J connectivity index is 2.34. The van der Waals surface area contributed by atoms with Crippen molar-refractivity contribution in [3.8, 4) is 0 Å². The maximum Gasteiger partial charge on any atom is 0.130 e. The van der Waals surface area contributed by atoms with E-state index in [9.17, 15) is 0 Å². The molecule has 0 amide bonds. The summed E-state index contributed by atoms with van der Waals surface area (Å²) in [5.41, 5.74) is 2.94. The van der Waals surface area contributed by atoms with Crippen LogP contribution in [-0.4, -0.2) is 21.8 Å². The molecule has 90 valence electrons. The molecule has 0 aromatic carbocycles. The Morgan fingerprint density at radius 3 is 2.76 bits per heavy atom. The Bertz CT molecular complexity index is 533. The zero-order valence-electron chi connectivity index (χ0n) is 10.2. The van der Waals surface area contributed by atoms with Gasteiger partial charge in [0.15, 0.2) is 0 Å². The quantitative estimate of drug-likeness (QED) is 0.911. The van der Waals surface area contributed by atoms with Crippen molar-refractivity contribution < 1.29 is 0 Å².